The van der Waals surface area contributed by atoms with Crippen LogP contribution in [-0.2, 0) is 6.18 Å². The van der Waals surface area contributed by atoms with Gasteiger partial charge in [-0.2, -0.15) is 13.2 Å². The number of hydrogen-bond acceptors (Lipinski definition) is 1. The zero-order valence-electron chi connectivity index (χ0n) is 12.8. The Bertz CT molecular complexity index is 698. The number of rotatable bonds is 3. The van der Waals surface area contributed by atoms with Crippen molar-refractivity contribution in [2.24, 2.45) is 0 Å². The number of nitrogens with one attached hydrogen (secondary N) is 1. The van der Waals surface area contributed by atoms with Crippen LogP contribution in [0.5, 0.6) is 0 Å². The van der Waals surface area contributed by atoms with Crippen LogP contribution in [-0.4, -0.2) is 12.6 Å². The number of urea groups is 1. The molecule has 122 valence electrons. The first-order valence-corrected chi connectivity index (χ1v) is 7.13. The molecule has 0 aromatic heterocycles. The quantitative estimate of drug-likeness (QED) is 0.840. The minimum absolute atomic E-state index is 0.107. The number of aryl methyl sites for hydroxylation is 1. The van der Waals surface area contributed by atoms with Crippen LogP contribution in [0, 0.1) is 6.92 Å². The summed E-state index contributed by atoms with van der Waals surface area (Å²) < 4.78 is 38.1. The van der Waals surface area contributed by atoms with E-state index in [0.29, 0.717) is 12.2 Å². The van der Waals surface area contributed by atoms with Crippen molar-refractivity contribution in [3.05, 3.63) is 59.7 Å². The van der Waals surface area contributed by atoms with Crippen LogP contribution < -0.4 is 10.2 Å². The topological polar surface area (TPSA) is 32.3 Å². The summed E-state index contributed by atoms with van der Waals surface area (Å²) in [7, 11) is 0. The zero-order chi connectivity index (χ0) is 17.0. The molecule has 0 bridgehead atoms. The lowest BCUT2D eigenvalue weighted by atomic mass is 10.2. The van der Waals surface area contributed by atoms with Crippen molar-refractivity contribution >= 4 is 17.4 Å². The van der Waals surface area contributed by atoms with Crippen molar-refractivity contribution in [3.8, 4) is 0 Å². The molecule has 3 nitrogen and oxygen atoms in total. The van der Waals surface area contributed by atoms with Gasteiger partial charge in [0.1, 0.15) is 0 Å². The Morgan fingerprint density at radius 3 is 2.43 bits per heavy atom. The highest BCUT2D eigenvalue weighted by Gasteiger charge is 2.30. The first-order chi connectivity index (χ1) is 10.8. The number of nitrogens with zero attached hydrogens (tertiary/aromatic N) is 1. The second-order valence-corrected chi connectivity index (χ2v) is 5.09. The third-order valence-electron chi connectivity index (χ3n) is 3.32. The van der Waals surface area contributed by atoms with Gasteiger partial charge >= 0.3 is 12.2 Å². The van der Waals surface area contributed by atoms with Gasteiger partial charge in [0.15, 0.2) is 0 Å². The molecule has 0 radical (unpaired) electrons. The van der Waals surface area contributed by atoms with Gasteiger partial charge in [-0.15, -0.1) is 0 Å². The maximum Gasteiger partial charge on any atom is 0.416 e. The monoisotopic (exact) mass is 322 g/mol. The molecule has 2 rings (SSSR count). The van der Waals surface area contributed by atoms with Crippen molar-refractivity contribution < 1.29 is 18.0 Å². The molecule has 0 heterocycles. The molecule has 2 aromatic rings. The Balaban J connectivity index is 2.20. The van der Waals surface area contributed by atoms with E-state index in [2.05, 4.69) is 5.32 Å². The summed E-state index contributed by atoms with van der Waals surface area (Å²) in [5, 5.41) is 2.51. The summed E-state index contributed by atoms with van der Waals surface area (Å²) >= 11 is 0. The fraction of sp³-hybridized carbons (Fsp3) is 0.235. The van der Waals surface area contributed by atoms with Crippen molar-refractivity contribution in [1.82, 2.24) is 0 Å². The van der Waals surface area contributed by atoms with E-state index in [1.54, 1.807) is 13.0 Å². The third-order valence-corrected chi connectivity index (χ3v) is 3.32. The highest BCUT2D eigenvalue weighted by Crippen LogP contribution is 2.30. The number of carbonyl (C=O) groups is 1. The molecule has 6 heteroatoms. The second kappa shape index (κ2) is 6.73. The average Bonchev–Trinajstić information content (AvgIpc) is 2.47. The van der Waals surface area contributed by atoms with Crippen LogP contribution in [0.2, 0.25) is 0 Å². The molecular weight excluding hydrogens is 305 g/mol. The van der Waals surface area contributed by atoms with Gasteiger partial charge in [-0.3, -0.25) is 4.90 Å². The van der Waals surface area contributed by atoms with Crippen molar-refractivity contribution in [3.63, 3.8) is 0 Å². The van der Waals surface area contributed by atoms with E-state index in [4.69, 9.17) is 0 Å². The molecule has 0 saturated heterocycles. The molecular formula is C17H17F3N2O. The van der Waals surface area contributed by atoms with Crippen molar-refractivity contribution in [2.75, 3.05) is 16.8 Å². The Morgan fingerprint density at radius 1 is 1.13 bits per heavy atom. The number of amides is 2. The standard InChI is InChI=1S/C17H17F3N2O/c1-3-22(15-9-4-6-12(2)10-15)16(23)21-14-8-5-7-13(11-14)17(18,19)20/h4-11H,3H2,1-2H3,(H,21,23). The predicted octanol–water partition coefficient (Wildman–Crippen LogP) is 5.07. The first-order valence-electron chi connectivity index (χ1n) is 7.13. The highest BCUT2D eigenvalue weighted by atomic mass is 19.4. The fourth-order valence-corrected chi connectivity index (χ4v) is 2.20. The Kier molecular flexibility index (Phi) is 4.93. The molecule has 0 aliphatic rings. The highest BCUT2D eigenvalue weighted by molar-refractivity contribution is 6.01. The number of benzene rings is 2. The van der Waals surface area contributed by atoms with Crippen LogP contribution in [0.4, 0.5) is 29.3 Å². The molecule has 0 saturated carbocycles. The number of alkyl halides is 3. The average molecular weight is 322 g/mol. The lowest BCUT2D eigenvalue weighted by Crippen LogP contribution is -2.34. The van der Waals surface area contributed by atoms with Crippen LogP contribution in [0.15, 0.2) is 48.5 Å². The summed E-state index contributed by atoms with van der Waals surface area (Å²) in [4.78, 5) is 13.8. The van der Waals surface area contributed by atoms with Crippen molar-refractivity contribution in [1.29, 1.82) is 0 Å². The smallest absolute Gasteiger partial charge is 0.308 e. The SMILES string of the molecule is CCN(C(=O)Nc1cccc(C(F)(F)F)c1)c1cccc(C)c1. The third kappa shape index (κ3) is 4.25. The maximum atomic E-state index is 12.7. The second-order valence-electron chi connectivity index (χ2n) is 5.09. The summed E-state index contributed by atoms with van der Waals surface area (Å²) in [6.45, 7) is 4.10. The zero-order valence-corrected chi connectivity index (χ0v) is 12.8. The minimum Gasteiger partial charge on any atom is -0.308 e. The fourth-order valence-electron chi connectivity index (χ4n) is 2.20. The predicted molar refractivity (Wildman–Crippen MR) is 84.7 cm³/mol. The summed E-state index contributed by atoms with van der Waals surface area (Å²) in [5.41, 5.74) is 0.995. The van der Waals surface area contributed by atoms with Gasteiger partial charge in [-0.05, 0) is 49.7 Å². The molecule has 0 atom stereocenters. The summed E-state index contributed by atoms with van der Waals surface area (Å²) in [6.07, 6.45) is -4.44. The van der Waals surface area contributed by atoms with Gasteiger partial charge in [0.25, 0.3) is 0 Å². The van der Waals surface area contributed by atoms with E-state index in [-0.39, 0.29) is 5.69 Å². The molecule has 0 unspecified atom stereocenters. The molecule has 2 amide bonds. The largest absolute Gasteiger partial charge is 0.416 e. The molecule has 2 aromatic carbocycles. The van der Waals surface area contributed by atoms with Crippen LogP contribution in [0.3, 0.4) is 0 Å². The van der Waals surface area contributed by atoms with Gasteiger partial charge in [-0.25, -0.2) is 4.79 Å². The van der Waals surface area contributed by atoms with Crippen LogP contribution in [0.1, 0.15) is 18.1 Å². The molecule has 0 aliphatic heterocycles. The van der Waals surface area contributed by atoms with E-state index in [1.165, 1.54) is 17.0 Å². The van der Waals surface area contributed by atoms with Gasteiger partial charge in [-0.1, -0.05) is 18.2 Å². The Hall–Kier alpha value is -2.50. The van der Waals surface area contributed by atoms with Crippen LogP contribution in [0.25, 0.3) is 0 Å². The van der Waals surface area contributed by atoms with Gasteiger partial charge in [0.05, 0.1) is 5.56 Å². The first kappa shape index (κ1) is 16.9. The molecule has 0 aliphatic carbocycles. The van der Waals surface area contributed by atoms with E-state index in [1.807, 2.05) is 25.1 Å². The van der Waals surface area contributed by atoms with Gasteiger partial charge < -0.3 is 5.32 Å². The number of halogens is 3. The van der Waals surface area contributed by atoms with Crippen molar-refractivity contribution in [2.45, 2.75) is 20.0 Å². The summed E-state index contributed by atoms with van der Waals surface area (Å²) in [6, 6.07) is 11.5. The number of hydrogen-bond donors (Lipinski definition) is 1. The van der Waals surface area contributed by atoms with Gasteiger partial charge in [0, 0.05) is 17.9 Å². The summed E-state index contributed by atoms with van der Waals surface area (Å²) in [5.74, 6) is 0. The lowest BCUT2D eigenvalue weighted by molar-refractivity contribution is -0.137. The lowest BCUT2D eigenvalue weighted by Gasteiger charge is -2.22. The molecule has 23 heavy (non-hydrogen) atoms. The normalized spacial score (nSPS) is 11.2. The Morgan fingerprint density at radius 2 is 1.83 bits per heavy atom. The van der Waals surface area contributed by atoms with E-state index in [0.717, 1.165) is 17.7 Å². The minimum atomic E-state index is -4.44. The molecule has 0 fully saturated rings. The maximum absolute atomic E-state index is 12.7. The van der Waals surface area contributed by atoms with Gasteiger partial charge in [0.2, 0.25) is 0 Å². The molecule has 1 N–H and O–H groups in total. The molecule has 0 spiro atoms. The Labute approximate surface area is 132 Å². The van der Waals surface area contributed by atoms with Crippen LogP contribution >= 0.6 is 0 Å². The van der Waals surface area contributed by atoms with E-state index >= 15 is 0 Å². The van der Waals surface area contributed by atoms with E-state index < -0.39 is 17.8 Å². The number of carbonyl (C=O) groups excluding carboxylic acids is 1. The number of anilines is 2. The van der Waals surface area contributed by atoms with E-state index in [9.17, 15) is 18.0 Å².